The van der Waals surface area contributed by atoms with Gasteiger partial charge in [0.05, 0.1) is 17.1 Å². The summed E-state index contributed by atoms with van der Waals surface area (Å²) in [6, 6.07) is 0. The average Bonchev–Trinajstić information content (AvgIpc) is 2.20. The van der Waals surface area contributed by atoms with Gasteiger partial charge in [-0.15, -0.1) is 0 Å². The third-order valence-corrected chi connectivity index (χ3v) is 3.95. The van der Waals surface area contributed by atoms with Crippen LogP contribution in [0.4, 0.5) is 17.1 Å². The number of benzene rings is 1. The second kappa shape index (κ2) is 4.16. The molecule has 3 nitrogen and oxygen atoms in total. The summed E-state index contributed by atoms with van der Waals surface area (Å²) < 4.78 is 1.15. The number of hydrogen-bond acceptors (Lipinski definition) is 3. The number of aliphatic imine (C=N–C) groups is 1. The maximum absolute atomic E-state index is 5.98. The molecule has 76 valence electrons. The van der Waals surface area contributed by atoms with Crippen molar-refractivity contribution in [2.75, 3.05) is 18.1 Å². The van der Waals surface area contributed by atoms with Crippen molar-refractivity contribution < 1.29 is 0 Å². The summed E-state index contributed by atoms with van der Waals surface area (Å²) in [5.74, 6) is 0. The van der Waals surface area contributed by atoms with Crippen molar-refractivity contribution in [2.24, 2.45) is 4.99 Å². The summed E-state index contributed by atoms with van der Waals surface area (Å²) in [5, 5.41) is 3.06. The van der Waals surface area contributed by atoms with Gasteiger partial charge in [0, 0.05) is 10.6 Å². The summed E-state index contributed by atoms with van der Waals surface area (Å²) in [6.45, 7) is 7.60. The molecule has 0 saturated carbocycles. The Morgan fingerprint density at radius 1 is 1.36 bits per heavy atom. The fourth-order valence-electron chi connectivity index (χ4n) is 1.46. The molecule has 0 radical (unpaired) electrons. The zero-order valence-electron chi connectivity index (χ0n) is 8.61. The van der Waals surface area contributed by atoms with E-state index in [2.05, 4.69) is 39.6 Å². The van der Waals surface area contributed by atoms with E-state index < -0.39 is 0 Å². The van der Waals surface area contributed by atoms with Crippen LogP contribution in [0.5, 0.6) is 0 Å². The van der Waals surface area contributed by atoms with Crippen LogP contribution in [0.3, 0.4) is 0 Å². The number of nitrogens with one attached hydrogen (secondary N) is 1. The normalized spacial score (nSPS) is 10.0. The van der Waals surface area contributed by atoms with Gasteiger partial charge in [-0.2, -0.15) is 0 Å². The molecule has 0 heterocycles. The van der Waals surface area contributed by atoms with E-state index in [9.17, 15) is 0 Å². The van der Waals surface area contributed by atoms with Crippen molar-refractivity contribution in [3.8, 4) is 0 Å². The maximum Gasteiger partial charge on any atom is 0.0914 e. The van der Waals surface area contributed by atoms with Gasteiger partial charge in [0.25, 0.3) is 0 Å². The van der Waals surface area contributed by atoms with E-state index in [-0.39, 0.29) is 0 Å². The van der Waals surface area contributed by atoms with E-state index >= 15 is 0 Å². The SMILES string of the molecule is C=Nc1c(C)c(I)c(C)c(N)c1NC. The van der Waals surface area contributed by atoms with Crippen LogP contribution in [-0.2, 0) is 0 Å². The summed E-state index contributed by atoms with van der Waals surface area (Å²) in [4.78, 5) is 4.01. The van der Waals surface area contributed by atoms with Crippen molar-refractivity contribution in [1.82, 2.24) is 0 Å². The van der Waals surface area contributed by atoms with Crippen molar-refractivity contribution in [3.05, 3.63) is 14.7 Å². The fourth-order valence-corrected chi connectivity index (χ4v) is 2.00. The lowest BCUT2D eigenvalue weighted by Crippen LogP contribution is -2.02. The Balaban J connectivity index is 3.65. The monoisotopic (exact) mass is 303 g/mol. The Labute approximate surface area is 97.9 Å². The molecule has 3 N–H and O–H groups in total. The zero-order chi connectivity index (χ0) is 10.9. The van der Waals surface area contributed by atoms with E-state index in [0.717, 1.165) is 31.8 Å². The molecule has 0 fully saturated rings. The summed E-state index contributed by atoms with van der Waals surface area (Å²) in [5.41, 5.74) is 10.7. The van der Waals surface area contributed by atoms with Crippen LogP contribution < -0.4 is 11.1 Å². The van der Waals surface area contributed by atoms with Crippen LogP contribution in [-0.4, -0.2) is 13.8 Å². The fraction of sp³-hybridized carbons (Fsp3) is 0.300. The highest BCUT2D eigenvalue weighted by Gasteiger charge is 2.14. The zero-order valence-corrected chi connectivity index (χ0v) is 10.8. The van der Waals surface area contributed by atoms with Crippen LogP contribution in [0.25, 0.3) is 0 Å². The summed E-state index contributed by atoms with van der Waals surface area (Å²) in [7, 11) is 1.84. The van der Waals surface area contributed by atoms with E-state index in [1.165, 1.54) is 0 Å². The number of nitrogens with two attached hydrogens (primary N) is 1. The molecule has 0 spiro atoms. The Hall–Kier alpha value is -0.780. The van der Waals surface area contributed by atoms with Crippen LogP contribution in [0, 0.1) is 17.4 Å². The Bertz CT molecular complexity index is 386. The van der Waals surface area contributed by atoms with Gasteiger partial charge in [-0.05, 0) is 54.3 Å². The highest BCUT2D eigenvalue weighted by atomic mass is 127. The molecule has 0 bridgehead atoms. The van der Waals surface area contributed by atoms with Crippen molar-refractivity contribution in [3.63, 3.8) is 0 Å². The lowest BCUT2D eigenvalue weighted by atomic mass is 10.1. The van der Waals surface area contributed by atoms with E-state index in [1.807, 2.05) is 20.9 Å². The Morgan fingerprint density at radius 2 is 1.93 bits per heavy atom. The minimum atomic E-state index is 0.755. The molecule has 1 aromatic rings. The number of hydrogen-bond donors (Lipinski definition) is 2. The second-order valence-corrected chi connectivity index (χ2v) is 4.19. The van der Waals surface area contributed by atoms with Crippen LogP contribution in [0.1, 0.15) is 11.1 Å². The smallest absolute Gasteiger partial charge is 0.0914 e. The van der Waals surface area contributed by atoms with Crippen LogP contribution >= 0.6 is 22.6 Å². The topological polar surface area (TPSA) is 50.4 Å². The molecular weight excluding hydrogens is 289 g/mol. The first-order valence-corrected chi connectivity index (χ1v) is 5.35. The lowest BCUT2D eigenvalue weighted by Gasteiger charge is -2.16. The third-order valence-electron chi connectivity index (χ3n) is 2.33. The standard InChI is InChI=1S/C10H14IN3/c1-5-7(11)6(2)9(13-3)10(14-4)8(5)12/h14H,3,12H2,1-2,4H3. The summed E-state index contributed by atoms with van der Waals surface area (Å²) in [6.07, 6.45) is 0. The van der Waals surface area contributed by atoms with Crippen molar-refractivity contribution in [2.45, 2.75) is 13.8 Å². The van der Waals surface area contributed by atoms with Gasteiger partial charge >= 0.3 is 0 Å². The Morgan fingerprint density at radius 3 is 2.36 bits per heavy atom. The predicted molar refractivity (Wildman–Crippen MR) is 71.8 cm³/mol. The number of anilines is 2. The van der Waals surface area contributed by atoms with E-state index in [4.69, 9.17) is 5.73 Å². The van der Waals surface area contributed by atoms with E-state index in [0.29, 0.717) is 0 Å². The highest BCUT2D eigenvalue weighted by Crippen LogP contribution is 2.39. The summed E-state index contributed by atoms with van der Waals surface area (Å²) >= 11 is 2.28. The minimum Gasteiger partial charge on any atom is -0.397 e. The van der Waals surface area contributed by atoms with Crippen molar-refractivity contribution >= 4 is 46.4 Å². The largest absolute Gasteiger partial charge is 0.397 e. The molecule has 0 saturated heterocycles. The first-order chi connectivity index (χ1) is 6.54. The Kier molecular flexibility index (Phi) is 3.36. The first-order valence-electron chi connectivity index (χ1n) is 4.27. The molecule has 14 heavy (non-hydrogen) atoms. The molecule has 0 aliphatic carbocycles. The molecule has 0 aromatic heterocycles. The van der Waals surface area contributed by atoms with Gasteiger partial charge in [-0.25, -0.2) is 0 Å². The van der Waals surface area contributed by atoms with Gasteiger partial charge in [0.15, 0.2) is 0 Å². The molecule has 0 unspecified atom stereocenters. The molecule has 1 aromatic carbocycles. The average molecular weight is 303 g/mol. The predicted octanol–water partition coefficient (Wildman–Crippen LogP) is 2.86. The number of nitrogen functional groups attached to an aromatic ring is 1. The molecule has 0 amide bonds. The van der Waals surface area contributed by atoms with Crippen molar-refractivity contribution in [1.29, 1.82) is 0 Å². The van der Waals surface area contributed by atoms with Gasteiger partial charge in [-0.3, -0.25) is 4.99 Å². The van der Waals surface area contributed by atoms with Gasteiger partial charge < -0.3 is 11.1 Å². The maximum atomic E-state index is 5.98. The molecule has 0 atom stereocenters. The number of halogens is 1. The first kappa shape index (κ1) is 11.3. The molecule has 4 heteroatoms. The van der Waals surface area contributed by atoms with Gasteiger partial charge in [-0.1, -0.05) is 0 Å². The third kappa shape index (κ3) is 1.58. The number of rotatable bonds is 2. The van der Waals surface area contributed by atoms with E-state index in [1.54, 1.807) is 0 Å². The molecule has 0 aliphatic heterocycles. The lowest BCUT2D eigenvalue weighted by molar-refractivity contribution is 1.30. The van der Waals surface area contributed by atoms with Crippen LogP contribution in [0.15, 0.2) is 4.99 Å². The highest BCUT2D eigenvalue weighted by molar-refractivity contribution is 14.1. The van der Waals surface area contributed by atoms with Crippen LogP contribution in [0.2, 0.25) is 0 Å². The van der Waals surface area contributed by atoms with Gasteiger partial charge in [0.1, 0.15) is 0 Å². The molecule has 0 aliphatic rings. The number of nitrogens with zero attached hydrogens (tertiary/aromatic N) is 1. The second-order valence-electron chi connectivity index (χ2n) is 3.11. The minimum absolute atomic E-state index is 0.755. The quantitative estimate of drug-likeness (QED) is 0.501. The molecular formula is C10H14IN3. The molecule has 1 rings (SSSR count). The van der Waals surface area contributed by atoms with Gasteiger partial charge in [0.2, 0.25) is 0 Å².